The summed E-state index contributed by atoms with van der Waals surface area (Å²) in [6.45, 7) is 0.933. The monoisotopic (exact) mass is 573 g/mol. The second-order valence-corrected chi connectivity index (χ2v) is 11.1. The number of aliphatic hydroxyl groups is 1. The second kappa shape index (κ2) is 13.6. The molecule has 0 spiro atoms. The van der Waals surface area contributed by atoms with Crippen LogP contribution in [0.5, 0.6) is 5.75 Å². The van der Waals surface area contributed by atoms with Gasteiger partial charge < -0.3 is 25.4 Å². The minimum Gasteiger partial charge on any atom is -0.545 e. The Labute approximate surface area is 254 Å². The summed E-state index contributed by atoms with van der Waals surface area (Å²) in [7, 11) is -3.89. The van der Waals surface area contributed by atoms with Crippen LogP contribution in [0.1, 0.15) is 27.6 Å². The summed E-state index contributed by atoms with van der Waals surface area (Å²) in [6.07, 6.45) is -0.0645. The number of carboxylic acids is 1. The van der Waals surface area contributed by atoms with Gasteiger partial charge >= 0.3 is 29.6 Å². The summed E-state index contributed by atoms with van der Waals surface area (Å²) in [5, 5.41) is 35.7. The third-order valence-corrected chi connectivity index (χ3v) is 8.09. The molecule has 0 radical (unpaired) electrons. The Kier molecular flexibility index (Phi) is 10.7. The minimum absolute atomic E-state index is 0. The minimum atomic E-state index is -3.89. The van der Waals surface area contributed by atoms with Crippen molar-refractivity contribution < 1.29 is 58.1 Å². The topological polar surface area (TPSA) is 127 Å². The molecule has 4 rings (SSSR count). The number of aliphatic hydroxyl groups excluding tert-OH is 1. The molecule has 4 aromatic carbocycles. The molecule has 196 valence electrons. The molecule has 7 nitrogen and oxygen atoms in total. The van der Waals surface area contributed by atoms with Crippen LogP contribution in [0, 0.1) is 0 Å². The van der Waals surface area contributed by atoms with Crippen LogP contribution >= 0.6 is 11.6 Å². The third-order valence-electron chi connectivity index (χ3n) is 6.08. The van der Waals surface area contributed by atoms with E-state index < -0.39 is 21.9 Å². The summed E-state index contributed by atoms with van der Waals surface area (Å²) in [4.78, 5) is 11.1. The number of benzene rings is 4. The second-order valence-electron chi connectivity index (χ2n) is 8.72. The van der Waals surface area contributed by atoms with Crippen LogP contribution in [-0.2, 0) is 16.3 Å². The molecule has 0 saturated carbocycles. The fourth-order valence-electron chi connectivity index (χ4n) is 4.01. The van der Waals surface area contributed by atoms with Crippen molar-refractivity contribution in [3.8, 4) is 16.9 Å². The molecule has 3 N–H and O–H groups in total. The molecule has 0 aliphatic carbocycles. The molecule has 4 aromatic rings. The number of nitrogens with one attached hydrogen (secondary N) is 1. The number of carbonyl (C=O) groups is 1. The predicted molar refractivity (Wildman–Crippen MR) is 143 cm³/mol. The number of rotatable bonds is 10. The van der Waals surface area contributed by atoms with Crippen LogP contribution in [0.3, 0.4) is 0 Å². The number of phenolic OH excluding ortho intramolecular Hbond substituents is 1. The van der Waals surface area contributed by atoms with Gasteiger partial charge in [0.2, 0.25) is 9.84 Å². The summed E-state index contributed by atoms with van der Waals surface area (Å²) in [5.41, 5.74) is 2.32. The summed E-state index contributed by atoms with van der Waals surface area (Å²) in [6, 6.07) is 23.3. The Morgan fingerprint density at radius 1 is 0.923 bits per heavy atom. The van der Waals surface area contributed by atoms with Crippen molar-refractivity contribution in [2.45, 2.75) is 22.3 Å². The maximum Gasteiger partial charge on any atom is 1.00 e. The van der Waals surface area contributed by atoms with Crippen molar-refractivity contribution in [1.29, 1.82) is 0 Å². The van der Waals surface area contributed by atoms with Gasteiger partial charge in [-0.2, -0.15) is 0 Å². The van der Waals surface area contributed by atoms with Crippen molar-refractivity contribution in [1.82, 2.24) is 5.32 Å². The van der Waals surface area contributed by atoms with Crippen molar-refractivity contribution >= 4 is 27.4 Å². The van der Waals surface area contributed by atoms with Gasteiger partial charge in [-0.15, -0.1) is 0 Å². The summed E-state index contributed by atoms with van der Waals surface area (Å²) < 4.78 is 26.3. The molecule has 0 aromatic heterocycles. The summed E-state index contributed by atoms with van der Waals surface area (Å²) in [5.74, 6) is -1.64. The van der Waals surface area contributed by atoms with E-state index in [0.29, 0.717) is 35.7 Å². The van der Waals surface area contributed by atoms with Gasteiger partial charge in [0.15, 0.2) is 0 Å². The van der Waals surface area contributed by atoms with E-state index in [-0.39, 0.29) is 50.7 Å². The molecule has 39 heavy (non-hydrogen) atoms. The molecule has 0 aliphatic heterocycles. The van der Waals surface area contributed by atoms with Crippen LogP contribution in [0.25, 0.3) is 11.1 Å². The number of phenols is 1. The van der Waals surface area contributed by atoms with Gasteiger partial charge in [-0.25, -0.2) is 8.42 Å². The molecule has 0 saturated heterocycles. The van der Waals surface area contributed by atoms with Gasteiger partial charge in [0.1, 0.15) is 5.75 Å². The van der Waals surface area contributed by atoms with Gasteiger partial charge in [0.05, 0.1) is 21.9 Å². The molecule has 10 heteroatoms. The molecule has 0 fully saturated rings. The van der Waals surface area contributed by atoms with E-state index >= 15 is 0 Å². The largest absolute Gasteiger partial charge is 1.00 e. The van der Waals surface area contributed by atoms with Crippen LogP contribution in [0.4, 0.5) is 0 Å². The summed E-state index contributed by atoms with van der Waals surface area (Å²) >= 11 is 5.96. The fraction of sp³-hybridized carbons (Fsp3) is 0.138. The van der Waals surface area contributed by atoms with Crippen LogP contribution < -0.4 is 40.0 Å². The number of aromatic carboxylic acids is 1. The van der Waals surface area contributed by atoms with Gasteiger partial charge in [0.25, 0.3) is 0 Å². The first kappa shape index (κ1) is 30.8. The zero-order valence-electron chi connectivity index (χ0n) is 21.2. The average molecular weight is 574 g/mol. The predicted octanol–water partition coefficient (Wildman–Crippen LogP) is 0.779. The molecule has 0 bridgehead atoms. The first-order valence-corrected chi connectivity index (χ1v) is 13.6. The number of hydrogen-bond acceptors (Lipinski definition) is 7. The first-order valence-electron chi connectivity index (χ1n) is 11.8. The fourth-order valence-corrected chi connectivity index (χ4v) is 5.49. The number of carbonyl (C=O) groups excluding carboxylic acids is 1. The molecule has 0 heterocycles. The number of sulfone groups is 1. The molecular weight excluding hydrogens is 549 g/mol. The first-order chi connectivity index (χ1) is 18.1. The number of carboxylic acid groups (broad SMARTS) is 1. The standard InChI is InChI=1S/C29H26ClNO6S.Na/c30-23-6-2-4-21(16-23)28(33)18-31-14-13-19-7-9-24(10-8-19)38(36,37)25-11-12-26(27(32)17-25)20-3-1-5-22(15-20)29(34)35;/h1-12,15-17,28,31-33H,13-14,18H2,(H,34,35);/q;+1/p-1/t28-;/m0./s1. The molecular formula is C29H25ClNNaO6S. The van der Waals surface area contributed by atoms with Gasteiger partial charge in [-0.1, -0.05) is 54.1 Å². The van der Waals surface area contributed by atoms with Gasteiger partial charge in [-0.3, -0.25) is 0 Å². The molecule has 0 unspecified atom stereocenters. The maximum absolute atomic E-state index is 13.1. The van der Waals surface area contributed by atoms with Crippen LogP contribution in [0.2, 0.25) is 5.02 Å². The zero-order chi connectivity index (χ0) is 27.3. The quantitative estimate of drug-likeness (QED) is 0.189. The average Bonchev–Trinajstić information content (AvgIpc) is 2.91. The third kappa shape index (κ3) is 7.70. The van der Waals surface area contributed by atoms with Crippen molar-refractivity contribution in [3.05, 3.63) is 113 Å². The van der Waals surface area contributed by atoms with Crippen molar-refractivity contribution in [2.24, 2.45) is 0 Å². The molecule has 0 aliphatic rings. The van der Waals surface area contributed by atoms with Crippen LogP contribution in [-0.4, -0.2) is 37.7 Å². The Morgan fingerprint density at radius 2 is 1.62 bits per heavy atom. The zero-order valence-corrected chi connectivity index (χ0v) is 24.7. The molecule has 1 atom stereocenters. The normalized spacial score (nSPS) is 11.9. The van der Waals surface area contributed by atoms with E-state index in [1.54, 1.807) is 42.5 Å². The Balaban J connectivity index is 0.00000420. The van der Waals surface area contributed by atoms with Crippen molar-refractivity contribution in [2.75, 3.05) is 13.1 Å². The molecule has 0 amide bonds. The Bertz CT molecular complexity index is 1560. The van der Waals surface area contributed by atoms with E-state index in [9.17, 15) is 28.5 Å². The van der Waals surface area contributed by atoms with E-state index in [1.165, 1.54) is 42.5 Å². The maximum atomic E-state index is 13.1. The Morgan fingerprint density at radius 3 is 2.28 bits per heavy atom. The van der Waals surface area contributed by atoms with Crippen molar-refractivity contribution in [3.63, 3.8) is 0 Å². The van der Waals surface area contributed by atoms with Gasteiger partial charge in [-0.05, 0) is 83.8 Å². The van der Waals surface area contributed by atoms with Crippen LogP contribution in [0.15, 0.2) is 101 Å². The number of aromatic hydroxyl groups is 1. The van der Waals surface area contributed by atoms with E-state index in [0.717, 1.165) is 17.2 Å². The SMILES string of the molecule is O=C([O-])c1cccc(-c2ccc(S(=O)(=O)c3ccc(CCNC[C@H](O)c4cccc(Cl)c4)cc3)cc2O)c1.[Na+]. The Hall–Kier alpha value is -2.69. The van der Waals surface area contributed by atoms with Gasteiger partial charge in [0, 0.05) is 17.1 Å². The number of halogens is 1. The smallest absolute Gasteiger partial charge is 0.545 e. The van der Waals surface area contributed by atoms with E-state index in [1.807, 2.05) is 0 Å². The van der Waals surface area contributed by atoms with E-state index in [4.69, 9.17) is 11.6 Å². The van der Waals surface area contributed by atoms with E-state index in [2.05, 4.69) is 5.32 Å². The number of hydrogen-bond donors (Lipinski definition) is 3.